The van der Waals surface area contributed by atoms with E-state index in [9.17, 15) is 9.59 Å². The van der Waals surface area contributed by atoms with Crippen LogP contribution in [0.1, 0.15) is 37.7 Å². The highest BCUT2D eigenvalue weighted by Crippen LogP contribution is 2.17. The minimum atomic E-state index is -0.206. The minimum Gasteiger partial charge on any atom is -0.369 e. The van der Waals surface area contributed by atoms with E-state index in [1.54, 1.807) is 0 Å². The smallest absolute Gasteiger partial charge is 0.275 e. The van der Waals surface area contributed by atoms with Crippen molar-refractivity contribution in [3.05, 3.63) is 35.9 Å². The van der Waals surface area contributed by atoms with E-state index in [1.807, 2.05) is 18.2 Å². The first-order valence-electron chi connectivity index (χ1n) is 8.54. The van der Waals surface area contributed by atoms with Crippen molar-refractivity contribution >= 4 is 11.8 Å². The molecule has 23 heavy (non-hydrogen) atoms. The Morgan fingerprint density at radius 2 is 1.91 bits per heavy atom. The highest BCUT2D eigenvalue weighted by molar-refractivity contribution is 5.77. The van der Waals surface area contributed by atoms with Gasteiger partial charge in [0.05, 0.1) is 13.1 Å². The molecule has 2 amide bonds. The Labute approximate surface area is 138 Å². The Morgan fingerprint density at radius 3 is 2.48 bits per heavy atom. The maximum absolute atomic E-state index is 12.2. The summed E-state index contributed by atoms with van der Waals surface area (Å²) >= 11 is 0. The van der Waals surface area contributed by atoms with Gasteiger partial charge in [-0.25, -0.2) is 0 Å². The molecular weight excluding hydrogens is 290 g/mol. The molecule has 2 rings (SSSR count). The monoisotopic (exact) mass is 318 g/mol. The molecule has 1 aromatic carbocycles. The largest absolute Gasteiger partial charge is 0.369 e. The first-order chi connectivity index (χ1) is 11.1. The number of rotatable bonds is 7. The molecule has 1 aliphatic heterocycles. The summed E-state index contributed by atoms with van der Waals surface area (Å²) in [6.45, 7) is 4.99. The Kier molecular flexibility index (Phi) is 6.59. The van der Waals surface area contributed by atoms with Crippen LogP contribution in [0, 0.1) is 5.92 Å². The summed E-state index contributed by atoms with van der Waals surface area (Å²) in [5.41, 5.74) is 6.61. The number of benzene rings is 1. The first kappa shape index (κ1) is 17.5. The third-order valence-corrected chi connectivity index (χ3v) is 4.82. The number of carbonyl (C=O) groups is 2. The molecule has 5 heteroatoms. The highest BCUT2D eigenvalue weighted by Gasteiger charge is 2.27. The van der Waals surface area contributed by atoms with E-state index in [2.05, 4.69) is 24.4 Å². The molecule has 4 N–H and O–H groups in total. The van der Waals surface area contributed by atoms with E-state index in [0.717, 1.165) is 32.4 Å². The molecule has 1 heterocycles. The molecule has 0 aliphatic carbocycles. The lowest BCUT2D eigenvalue weighted by atomic mass is 9.96. The van der Waals surface area contributed by atoms with Crippen LogP contribution in [0.5, 0.6) is 0 Å². The molecule has 1 aliphatic rings. The van der Waals surface area contributed by atoms with Crippen molar-refractivity contribution < 1.29 is 14.5 Å². The molecule has 1 atom stereocenters. The second-order valence-electron chi connectivity index (χ2n) is 6.42. The van der Waals surface area contributed by atoms with Crippen LogP contribution >= 0.6 is 0 Å². The predicted octanol–water partition coefficient (Wildman–Crippen LogP) is 0.0766. The Hall–Kier alpha value is -1.88. The molecule has 0 radical (unpaired) electrons. The van der Waals surface area contributed by atoms with E-state index >= 15 is 0 Å². The van der Waals surface area contributed by atoms with E-state index in [0.29, 0.717) is 19.0 Å². The van der Waals surface area contributed by atoms with Crippen LogP contribution in [-0.4, -0.2) is 38.0 Å². The molecule has 1 aromatic rings. The van der Waals surface area contributed by atoms with Gasteiger partial charge in [-0.1, -0.05) is 37.3 Å². The van der Waals surface area contributed by atoms with Crippen molar-refractivity contribution in [2.75, 3.05) is 26.2 Å². The summed E-state index contributed by atoms with van der Waals surface area (Å²) in [4.78, 5) is 24.6. The zero-order valence-corrected chi connectivity index (χ0v) is 13.9. The van der Waals surface area contributed by atoms with Crippen LogP contribution in [0.15, 0.2) is 30.3 Å². The maximum atomic E-state index is 12.2. The summed E-state index contributed by atoms with van der Waals surface area (Å²) in [6.07, 6.45) is 2.58. The summed E-state index contributed by atoms with van der Waals surface area (Å²) in [6, 6.07) is 10.3. The lowest BCUT2D eigenvalue weighted by molar-refractivity contribution is -0.897. The standard InChI is InChI=1S/C18H27N3O2/c1-2-14(15-6-4-3-5-7-15)12-20-17(22)13-21-10-8-16(9-11-21)18(19)23/h3-7,14,16H,2,8-13H2,1H3,(H2,19,23)(H,20,22)/p+1/t14-/m1/s1. The Bertz CT molecular complexity index is 510. The van der Waals surface area contributed by atoms with E-state index in [-0.39, 0.29) is 17.7 Å². The number of carbonyl (C=O) groups excluding carboxylic acids is 2. The van der Waals surface area contributed by atoms with Gasteiger partial charge in [0.1, 0.15) is 0 Å². The number of piperidine rings is 1. The molecule has 1 saturated heterocycles. The number of primary amides is 1. The van der Waals surface area contributed by atoms with E-state index in [1.165, 1.54) is 10.5 Å². The summed E-state index contributed by atoms with van der Waals surface area (Å²) in [5, 5.41) is 3.06. The van der Waals surface area contributed by atoms with Crippen molar-refractivity contribution in [3.8, 4) is 0 Å². The van der Waals surface area contributed by atoms with Crippen molar-refractivity contribution in [1.29, 1.82) is 0 Å². The fraction of sp³-hybridized carbons (Fsp3) is 0.556. The van der Waals surface area contributed by atoms with Gasteiger partial charge in [-0.2, -0.15) is 0 Å². The molecule has 0 spiro atoms. The molecule has 126 valence electrons. The van der Waals surface area contributed by atoms with Crippen LogP contribution in [0.4, 0.5) is 0 Å². The van der Waals surface area contributed by atoms with Gasteiger partial charge in [-0.05, 0) is 12.0 Å². The van der Waals surface area contributed by atoms with Gasteiger partial charge in [0.25, 0.3) is 5.91 Å². The third-order valence-electron chi connectivity index (χ3n) is 4.82. The lowest BCUT2D eigenvalue weighted by Crippen LogP contribution is -3.14. The SMILES string of the molecule is CC[C@H](CNC(=O)C[NH+]1CCC(C(N)=O)CC1)c1ccccc1. The molecule has 0 saturated carbocycles. The van der Waals surface area contributed by atoms with Gasteiger partial charge < -0.3 is 16.0 Å². The second kappa shape index (κ2) is 8.67. The molecule has 5 nitrogen and oxygen atoms in total. The lowest BCUT2D eigenvalue weighted by Gasteiger charge is -2.27. The van der Waals surface area contributed by atoms with Crippen LogP contribution in [0.2, 0.25) is 0 Å². The van der Waals surface area contributed by atoms with E-state index in [4.69, 9.17) is 5.73 Å². The van der Waals surface area contributed by atoms with Gasteiger partial charge in [-0.3, -0.25) is 9.59 Å². The fourth-order valence-corrected chi connectivity index (χ4v) is 3.24. The molecule has 1 fully saturated rings. The number of hydrogen-bond acceptors (Lipinski definition) is 2. The normalized spacial score (nSPS) is 22.3. The average molecular weight is 318 g/mol. The zero-order chi connectivity index (χ0) is 16.7. The highest BCUT2D eigenvalue weighted by atomic mass is 16.2. The quantitative estimate of drug-likeness (QED) is 0.666. The molecule has 0 unspecified atom stereocenters. The molecular formula is C18H28N3O2+. The van der Waals surface area contributed by atoms with Gasteiger partial charge in [0, 0.05) is 31.2 Å². The fourth-order valence-electron chi connectivity index (χ4n) is 3.24. The maximum Gasteiger partial charge on any atom is 0.275 e. The summed E-state index contributed by atoms with van der Waals surface area (Å²) in [7, 11) is 0. The van der Waals surface area contributed by atoms with Crippen molar-refractivity contribution in [3.63, 3.8) is 0 Å². The van der Waals surface area contributed by atoms with Gasteiger partial charge >= 0.3 is 0 Å². The van der Waals surface area contributed by atoms with Gasteiger partial charge in [0.2, 0.25) is 5.91 Å². The van der Waals surface area contributed by atoms with Crippen LogP contribution in [0.3, 0.4) is 0 Å². The third kappa shape index (κ3) is 5.36. The molecule has 0 aromatic heterocycles. The number of likely N-dealkylation sites (tertiary alicyclic amines) is 1. The molecule has 0 bridgehead atoms. The number of amides is 2. The topological polar surface area (TPSA) is 76.6 Å². The second-order valence-corrected chi connectivity index (χ2v) is 6.42. The number of quaternary nitrogens is 1. The number of nitrogens with one attached hydrogen (secondary N) is 2. The van der Waals surface area contributed by atoms with Crippen molar-refractivity contribution in [2.24, 2.45) is 11.7 Å². The Morgan fingerprint density at radius 1 is 1.26 bits per heavy atom. The van der Waals surface area contributed by atoms with Gasteiger partial charge in [0.15, 0.2) is 6.54 Å². The van der Waals surface area contributed by atoms with Crippen molar-refractivity contribution in [2.45, 2.75) is 32.1 Å². The predicted molar refractivity (Wildman–Crippen MR) is 90.0 cm³/mol. The van der Waals surface area contributed by atoms with Gasteiger partial charge in [-0.15, -0.1) is 0 Å². The number of nitrogens with two attached hydrogens (primary N) is 1. The van der Waals surface area contributed by atoms with Crippen molar-refractivity contribution in [1.82, 2.24) is 5.32 Å². The summed E-state index contributed by atoms with van der Waals surface area (Å²) in [5.74, 6) is 0.231. The number of hydrogen-bond donors (Lipinski definition) is 3. The van der Waals surface area contributed by atoms with E-state index < -0.39 is 0 Å². The summed E-state index contributed by atoms with van der Waals surface area (Å²) < 4.78 is 0. The van der Waals surface area contributed by atoms with Crippen LogP contribution in [-0.2, 0) is 9.59 Å². The van der Waals surface area contributed by atoms with Crippen LogP contribution in [0.25, 0.3) is 0 Å². The minimum absolute atomic E-state index is 0.00985. The average Bonchev–Trinajstić information content (AvgIpc) is 2.57. The van der Waals surface area contributed by atoms with Crippen LogP contribution < -0.4 is 16.0 Å². The Balaban J connectivity index is 1.74. The zero-order valence-electron chi connectivity index (χ0n) is 13.9. The first-order valence-corrected chi connectivity index (χ1v) is 8.54.